The molecule has 0 radical (unpaired) electrons. The smallest absolute Gasteiger partial charge is 0.337 e. The average Bonchev–Trinajstić information content (AvgIpc) is 2.43. The van der Waals surface area contributed by atoms with Crippen molar-refractivity contribution in [3.05, 3.63) is 58.8 Å². The van der Waals surface area contributed by atoms with Crippen LogP contribution < -0.4 is 0 Å². The molecule has 0 aliphatic heterocycles. The molecule has 3 nitrogen and oxygen atoms in total. The number of hydrogen-bond acceptors (Lipinski definition) is 2. The van der Waals surface area contributed by atoms with Crippen molar-refractivity contribution in [1.82, 2.24) is 0 Å². The molecule has 0 fully saturated rings. The maximum absolute atomic E-state index is 11.2. The lowest BCUT2D eigenvalue weighted by Crippen LogP contribution is -2.04. The van der Waals surface area contributed by atoms with Crippen LogP contribution in [0.1, 0.15) is 34.3 Å². The van der Waals surface area contributed by atoms with Gasteiger partial charge in [-0.05, 0) is 111 Å². The largest absolute Gasteiger partial charge is 0.506 e. The molecule has 0 aromatic heterocycles. The Labute approximate surface area is 167 Å². The molecule has 7 heteroatoms. The number of aromatic carboxylic acids is 1. The van der Waals surface area contributed by atoms with Gasteiger partial charge in [-0.25, -0.2) is 4.79 Å². The molecule has 0 saturated heterocycles. The minimum Gasteiger partial charge on any atom is -0.506 e. The van der Waals surface area contributed by atoms with Crippen LogP contribution in [-0.4, -0.2) is 16.2 Å². The van der Waals surface area contributed by atoms with E-state index < -0.39 is 5.97 Å². The van der Waals surface area contributed by atoms with Crippen molar-refractivity contribution in [1.29, 1.82) is 0 Å². The molecular weight excluding hydrogens is 560 g/mol. The highest BCUT2D eigenvalue weighted by molar-refractivity contribution is 9.11. The van der Waals surface area contributed by atoms with Crippen molar-refractivity contribution >= 4 is 69.7 Å². The van der Waals surface area contributed by atoms with E-state index in [-0.39, 0.29) is 17.2 Å². The standard InChI is InChI=1S/C16H12Br4O3/c1-7(2-8-3-12(19)15(21)13(20)4-8)9-5-10(17)14(16(22)23)11(18)6-9/h3-7,21H,2H2,1H3,(H,22,23). The fraction of sp³-hybridized carbons (Fsp3) is 0.188. The lowest BCUT2D eigenvalue weighted by Gasteiger charge is -2.15. The van der Waals surface area contributed by atoms with E-state index in [2.05, 4.69) is 70.6 Å². The summed E-state index contributed by atoms with van der Waals surface area (Å²) >= 11 is 13.3. The Morgan fingerprint density at radius 2 is 1.48 bits per heavy atom. The summed E-state index contributed by atoms with van der Waals surface area (Å²) in [5.74, 6) is -0.624. The Morgan fingerprint density at radius 3 is 1.91 bits per heavy atom. The van der Waals surface area contributed by atoms with Crippen molar-refractivity contribution in [2.75, 3.05) is 0 Å². The summed E-state index contributed by atoms with van der Waals surface area (Å²) in [6, 6.07) is 7.44. The molecule has 2 N–H and O–H groups in total. The normalized spacial score (nSPS) is 12.2. The first kappa shape index (κ1) is 19.0. The number of phenolic OH excluding ortho intramolecular Hbond substituents is 1. The summed E-state index contributed by atoms with van der Waals surface area (Å²) in [6.45, 7) is 2.07. The predicted octanol–water partition coefficient (Wildman–Crippen LogP) is 6.49. The molecule has 0 aliphatic rings. The topological polar surface area (TPSA) is 57.5 Å². The highest BCUT2D eigenvalue weighted by Crippen LogP contribution is 2.36. The molecule has 0 spiro atoms. The van der Waals surface area contributed by atoms with Crippen LogP contribution >= 0.6 is 63.7 Å². The molecule has 1 atom stereocenters. The number of carboxylic acid groups (broad SMARTS) is 1. The number of hydrogen-bond donors (Lipinski definition) is 2. The zero-order chi connectivity index (χ0) is 17.3. The van der Waals surface area contributed by atoms with Gasteiger partial charge >= 0.3 is 5.97 Å². The monoisotopic (exact) mass is 568 g/mol. The van der Waals surface area contributed by atoms with Gasteiger partial charge in [0, 0.05) is 8.95 Å². The van der Waals surface area contributed by atoms with Crippen LogP contribution in [0.15, 0.2) is 42.2 Å². The minimum absolute atomic E-state index is 0.175. The van der Waals surface area contributed by atoms with Crippen molar-refractivity contribution in [2.45, 2.75) is 19.3 Å². The van der Waals surface area contributed by atoms with Gasteiger partial charge in [-0.15, -0.1) is 0 Å². The molecule has 2 aromatic rings. The number of halogens is 4. The van der Waals surface area contributed by atoms with Crippen LogP contribution in [-0.2, 0) is 6.42 Å². The van der Waals surface area contributed by atoms with E-state index in [1.165, 1.54) is 0 Å². The van der Waals surface area contributed by atoms with E-state index in [0.717, 1.165) is 17.5 Å². The number of phenols is 1. The second-order valence-corrected chi connectivity index (χ2v) is 8.60. The number of aromatic hydroxyl groups is 1. The Hall–Kier alpha value is -0.370. The zero-order valence-corrected chi connectivity index (χ0v) is 18.3. The van der Waals surface area contributed by atoms with Crippen molar-refractivity contribution in [3.8, 4) is 5.75 Å². The highest BCUT2D eigenvalue weighted by Gasteiger charge is 2.17. The highest BCUT2D eigenvalue weighted by atomic mass is 79.9. The van der Waals surface area contributed by atoms with E-state index in [0.29, 0.717) is 17.9 Å². The molecule has 0 bridgehead atoms. The summed E-state index contributed by atoms with van der Waals surface area (Å²) in [5, 5.41) is 19.0. The fourth-order valence-electron chi connectivity index (χ4n) is 2.29. The molecular formula is C16H12Br4O3. The minimum atomic E-state index is -0.977. The van der Waals surface area contributed by atoms with Crippen molar-refractivity contribution < 1.29 is 15.0 Å². The van der Waals surface area contributed by atoms with E-state index >= 15 is 0 Å². The lowest BCUT2D eigenvalue weighted by molar-refractivity contribution is 0.0695. The summed E-state index contributed by atoms with van der Waals surface area (Å²) in [6.07, 6.45) is 0.753. The maximum atomic E-state index is 11.2. The van der Waals surface area contributed by atoms with Gasteiger partial charge in [0.25, 0.3) is 0 Å². The molecule has 0 saturated carbocycles. The van der Waals surface area contributed by atoms with E-state index in [9.17, 15) is 15.0 Å². The fourth-order valence-corrected chi connectivity index (χ4v) is 5.13. The van der Waals surface area contributed by atoms with Crippen LogP contribution in [0.3, 0.4) is 0 Å². The molecule has 0 heterocycles. The van der Waals surface area contributed by atoms with Crippen molar-refractivity contribution in [2.24, 2.45) is 0 Å². The third-order valence-corrected chi connectivity index (χ3v) is 5.93. The summed E-state index contributed by atoms with van der Waals surface area (Å²) < 4.78 is 2.37. The Balaban J connectivity index is 2.31. The average molecular weight is 572 g/mol. The number of carboxylic acids is 1. The van der Waals surface area contributed by atoms with Gasteiger partial charge in [0.2, 0.25) is 0 Å². The molecule has 122 valence electrons. The van der Waals surface area contributed by atoms with Crippen LogP contribution in [0.4, 0.5) is 0 Å². The molecule has 1 unspecified atom stereocenters. The molecule has 2 aromatic carbocycles. The summed E-state index contributed by atoms with van der Waals surface area (Å²) in [7, 11) is 0. The number of rotatable bonds is 4. The maximum Gasteiger partial charge on any atom is 0.337 e. The lowest BCUT2D eigenvalue weighted by atomic mass is 9.93. The molecule has 23 heavy (non-hydrogen) atoms. The SMILES string of the molecule is CC(Cc1cc(Br)c(O)c(Br)c1)c1cc(Br)c(C(=O)O)c(Br)c1. The predicted molar refractivity (Wildman–Crippen MR) is 104 cm³/mol. The van der Waals surface area contributed by atoms with Gasteiger partial charge in [-0.3, -0.25) is 0 Å². The van der Waals surface area contributed by atoms with Crippen LogP contribution in [0.5, 0.6) is 5.75 Å². The number of benzene rings is 2. The number of carbonyl (C=O) groups is 1. The summed E-state index contributed by atoms with van der Waals surface area (Å²) in [5.41, 5.74) is 2.30. The van der Waals surface area contributed by atoms with Gasteiger partial charge < -0.3 is 10.2 Å². The molecule has 0 aliphatic carbocycles. The van der Waals surface area contributed by atoms with E-state index in [1.807, 2.05) is 24.3 Å². The van der Waals surface area contributed by atoms with Gasteiger partial charge in [0.1, 0.15) is 5.75 Å². The van der Waals surface area contributed by atoms with Gasteiger partial charge in [0.05, 0.1) is 14.5 Å². The first-order valence-electron chi connectivity index (χ1n) is 6.59. The first-order valence-corrected chi connectivity index (χ1v) is 9.77. The Bertz CT molecular complexity index is 728. The second kappa shape index (κ2) is 7.68. The van der Waals surface area contributed by atoms with Gasteiger partial charge in [-0.2, -0.15) is 0 Å². The third kappa shape index (κ3) is 4.38. The zero-order valence-electron chi connectivity index (χ0n) is 11.9. The van der Waals surface area contributed by atoms with E-state index in [1.54, 1.807) is 0 Å². The Kier molecular flexibility index (Phi) is 6.33. The molecule has 2 rings (SSSR count). The molecule has 0 amide bonds. The van der Waals surface area contributed by atoms with Crippen LogP contribution in [0, 0.1) is 0 Å². The van der Waals surface area contributed by atoms with Crippen LogP contribution in [0.25, 0.3) is 0 Å². The first-order chi connectivity index (χ1) is 10.7. The summed E-state index contributed by atoms with van der Waals surface area (Å²) in [4.78, 5) is 11.2. The van der Waals surface area contributed by atoms with Crippen molar-refractivity contribution in [3.63, 3.8) is 0 Å². The second-order valence-electron chi connectivity index (χ2n) is 5.18. The van der Waals surface area contributed by atoms with Gasteiger partial charge in [0.15, 0.2) is 0 Å². The van der Waals surface area contributed by atoms with E-state index in [4.69, 9.17) is 0 Å². The third-order valence-electron chi connectivity index (χ3n) is 3.47. The quantitative estimate of drug-likeness (QED) is 0.441. The Morgan fingerprint density at radius 1 is 1.00 bits per heavy atom. The van der Waals surface area contributed by atoms with Gasteiger partial charge in [-0.1, -0.05) is 6.92 Å². The van der Waals surface area contributed by atoms with Crippen LogP contribution in [0.2, 0.25) is 0 Å².